The van der Waals surface area contributed by atoms with Crippen LogP contribution in [0.3, 0.4) is 0 Å². The smallest absolute Gasteiger partial charge is 0.244 e. The van der Waals surface area contributed by atoms with Gasteiger partial charge in [-0.25, -0.2) is 16.8 Å². The molecule has 1 atom stereocenters. The number of hydrogen-bond acceptors (Lipinski definition) is 5. The molecule has 1 heterocycles. The number of rotatable bonds is 9. The molecular weight excluding hydrogens is 591 g/mol. The number of sulfonamides is 1. The van der Waals surface area contributed by atoms with E-state index in [1.54, 1.807) is 32.0 Å². The average Bonchev–Trinajstić information content (AvgIpc) is 2.96. The van der Waals surface area contributed by atoms with Crippen molar-refractivity contribution in [2.75, 3.05) is 6.26 Å². The van der Waals surface area contributed by atoms with Gasteiger partial charge in [-0.2, -0.15) is 4.31 Å². The molecule has 0 amide bonds. The molecule has 0 saturated heterocycles. The van der Waals surface area contributed by atoms with Gasteiger partial charge in [-0.3, -0.25) is 4.79 Å². The van der Waals surface area contributed by atoms with Crippen LogP contribution >= 0.6 is 0 Å². The summed E-state index contributed by atoms with van der Waals surface area (Å²) in [4.78, 5) is 14.4. The fourth-order valence-electron chi connectivity index (χ4n) is 6.25. The summed E-state index contributed by atoms with van der Waals surface area (Å²) < 4.78 is 54.4. The summed E-state index contributed by atoms with van der Waals surface area (Å²) >= 11 is 0. The van der Waals surface area contributed by atoms with Crippen LogP contribution in [0.4, 0.5) is 0 Å². The maximum atomic E-state index is 14.3. The van der Waals surface area contributed by atoms with E-state index < -0.39 is 25.9 Å². The first kappa shape index (κ1) is 31.8. The lowest BCUT2D eigenvalue weighted by Crippen LogP contribution is -2.48. The van der Waals surface area contributed by atoms with Gasteiger partial charge in [-0.15, -0.1) is 0 Å². The lowest BCUT2D eigenvalue weighted by Gasteiger charge is -2.36. The largest absolute Gasteiger partial charge is 0.298 e. The lowest BCUT2D eigenvalue weighted by molar-refractivity contribution is -0.123. The van der Waals surface area contributed by atoms with Gasteiger partial charge in [0.25, 0.3) is 0 Å². The topological polar surface area (TPSA) is 88.6 Å². The first-order chi connectivity index (χ1) is 20.7. The van der Waals surface area contributed by atoms with E-state index in [0.29, 0.717) is 17.5 Å². The second kappa shape index (κ2) is 12.4. The molecule has 0 saturated carbocycles. The summed E-state index contributed by atoms with van der Waals surface area (Å²) in [6.45, 7) is 7.67. The van der Waals surface area contributed by atoms with Crippen molar-refractivity contribution in [3.05, 3.63) is 118 Å². The number of ketones is 1. The summed E-state index contributed by atoms with van der Waals surface area (Å²) in [5.74, 6) is -0.0989. The van der Waals surface area contributed by atoms with Crippen LogP contribution in [0.2, 0.25) is 0 Å². The molecule has 1 aliphatic rings. The molecule has 1 aliphatic heterocycles. The van der Waals surface area contributed by atoms with E-state index in [4.69, 9.17) is 0 Å². The summed E-state index contributed by atoms with van der Waals surface area (Å²) in [7, 11) is -7.38. The normalized spacial score (nSPS) is 15.6. The number of carbonyl (C=O) groups is 1. The van der Waals surface area contributed by atoms with Crippen LogP contribution in [0.1, 0.15) is 51.8 Å². The van der Waals surface area contributed by atoms with Crippen molar-refractivity contribution in [1.29, 1.82) is 0 Å². The minimum Gasteiger partial charge on any atom is -0.298 e. The highest BCUT2D eigenvalue weighted by Crippen LogP contribution is 2.35. The van der Waals surface area contributed by atoms with Crippen LogP contribution in [-0.4, -0.2) is 39.2 Å². The number of nitrogens with zero attached hydrogens (tertiary/aromatic N) is 1. The fraction of sp³-hybridized carbons (Fsp3) is 0.306. The van der Waals surface area contributed by atoms with Gasteiger partial charge < -0.3 is 0 Å². The highest BCUT2D eigenvalue weighted by atomic mass is 32.2. The minimum absolute atomic E-state index is 0.0858. The van der Waals surface area contributed by atoms with Crippen molar-refractivity contribution in [2.45, 2.75) is 75.8 Å². The third-order valence-electron chi connectivity index (χ3n) is 8.44. The summed E-state index contributed by atoms with van der Waals surface area (Å²) in [6.07, 6.45) is 3.06. The van der Waals surface area contributed by atoms with E-state index in [-0.39, 0.29) is 35.0 Å². The van der Waals surface area contributed by atoms with Gasteiger partial charge in [0.15, 0.2) is 15.6 Å². The SMILES string of the molecule is Cc1ccc(CCCC(=O)C2Cc3cc(-c4cccc(S(C)(=O)=O)c4)ccc3CN2S(=O)(=O)c2c(C)cc(C)cc2C)cc1. The summed E-state index contributed by atoms with van der Waals surface area (Å²) in [6, 6.07) is 23.7. The third kappa shape index (κ3) is 6.72. The zero-order chi connectivity index (χ0) is 31.8. The van der Waals surface area contributed by atoms with Crippen LogP contribution in [0.25, 0.3) is 11.1 Å². The van der Waals surface area contributed by atoms with Gasteiger partial charge in [-0.05, 0) is 98.0 Å². The zero-order valence-electron chi connectivity index (χ0n) is 25.9. The molecule has 4 aromatic carbocycles. The van der Waals surface area contributed by atoms with Gasteiger partial charge >= 0.3 is 0 Å². The predicted molar refractivity (Wildman–Crippen MR) is 175 cm³/mol. The van der Waals surface area contributed by atoms with E-state index in [9.17, 15) is 21.6 Å². The Morgan fingerprint density at radius 1 is 0.773 bits per heavy atom. The van der Waals surface area contributed by atoms with Crippen LogP contribution in [-0.2, 0) is 44.0 Å². The fourth-order valence-corrected chi connectivity index (χ4v) is 8.92. The van der Waals surface area contributed by atoms with E-state index in [1.807, 2.05) is 50.2 Å². The molecule has 0 aliphatic carbocycles. The van der Waals surface area contributed by atoms with Crippen LogP contribution in [0.5, 0.6) is 0 Å². The molecule has 0 bridgehead atoms. The first-order valence-electron chi connectivity index (χ1n) is 14.8. The van der Waals surface area contributed by atoms with Gasteiger partial charge in [0.2, 0.25) is 10.0 Å². The molecule has 6 nitrogen and oxygen atoms in total. The van der Waals surface area contributed by atoms with Crippen molar-refractivity contribution in [3.8, 4) is 11.1 Å². The van der Waals surface area contributed by atoms with Crippen molar-refractivity contribution in [3.63, 3.8) is 0 Å². The molecule has 230 valence electrons. The Hall–Kier alpha value is -3.59. The Kier molecular flexibility index (Phi) is 8.99. The highest BCUT2D eigenvalue weighted by molar-refractivity contribution is 7.90. The molecule has 0 radical (unpaired) electrons. The zero-order valence-corrected chi connectivity index (χ0v) is 27.6. The highest BCUT2D eigenvalue weighted by Gasteiger charge is 2.40. The molecule has 44 heavy (non-hydrogen) atoms. The average molecular weight is 630 g/mol. The molecule has 1 unspecified atom stereocenters. The quantitative estimate of drug-likeness (QED) is 0.206. The molecule has 0 fully saturated rings. The number of fused-ring (bicyclic) bond motifs is 1. The standard InChI is InChI=1S/C36H39NO5S2/c1-24-12-14-28(15-13-24)8-6-11-35(38)34-22-32-20-30(29-9-7-10-33(21-29)43(5,39)40)16-17-31(32)23-37(34)44(41,42)36-26(3)18-25(2)19-27(36)4/h7,9-10,12-21,34H,6,8,11,22-23H2,1-5H3. The first-order valence-corrected chi connectivity index (χ1v) is 18.2. The van der Waals surface area contributed by atoms with Gasteiger partial charge in [0.05, 0.1) is 15.8 Å². The molecule has 0 aromatic heterocycles. The summed E-state index contributed by atoms with van der Waals surface area (Å²) in [5.41, 5.74) is 7.94. The number of benzene rings is 4. The number of carbonyl (C=O) groups excluding carboxylic acids is 1. The van der Waals surface area contributed by atoms with E-state index >= 15 is 0 Å². The van der Waals surface area contributed by atoms with Crippen LogP contribution in [0.15, 0.2) is 88.7 Å². The predicted octanol–water partition coefficient (Wildman–Crippen LogP) is 6.70. The molecule has 5 rings (SSSR count). The number of Topliss-reactive ketones (excluding diaryl/α,β-unsaturated/α-hetero) is 1. The van der Waals surface area contributed by atoms with E-state index in [0.717, 1.165) is 39.8 Å². The van der Waals surface area contributed by atoms with Crippen molar-refractivity contribution < 1.29 is 21.6 Å². The minimum atomic E-state index is -4.00. The molecule has 8 heteroatoms. The third-order valence-corrected chi connectivity index (χ3v) is 11.7. The molecule has 4 aromatic rings. The van der Waals surface area contributed by atoms with E-state index in [1.165, 1.54) is 16.1 Å². The van der Waals surface area contributed by atoms with Gasteiger partial charge in [-0.1, -0.05) is 77.9 Å². The van der Waals surface area contributed by atoms with Gasteiger partial charge in [0, 0.05) is 19.2 Å². The van der Waals surface area contributed by atoms with Crippen molar-refractivity contribution in [1.82, 2.24) is 4.31 Å². The molecule has 0 spiro atoms. The molecule has 0 N–H and O–H groups in total. The Balaban J connectivity index is 1.50. The monoisotopic (exact) mass is 629 g/mol. The Morgan fingerprint density at radius 3 is 2.09 bits per heavy atom. The number of sulfone groups is 1. The maximum absolute atomic E-state index is 14.3. The summed E-state index contributed by atoms with van der Waals surface area (Å²) in [5, 5.41) is 0. The maximum Gasteiger partial charge on any atom is 0.244 e. The molecular formula is C36H39NO5S2. The number of aryl methyl sites for hydroxylation is 5. The Bertz CT molecular complexity index is 1920. The second-order valence-corrected chi connectivity index (χ2v) is 15.9. The van der Waals surface area contributed by atoms with Crippen molar-refractivity contribution >= 4 is 25.6 Å². The Morgan fingerprint density at radius 2 is 1.43 bits per heavy atom. The Labute approximate surface area is 261 Å². The second-order valence-electron chi connectivity index (χ2n) is 12.1. The number of hydrogen-bond donors (Lipinski definition) is 0. The van der Waals surface area contributed by atoms with Gasteiger partial charge in [0.1, 0.15) is 0 Å². The van der Waals surface area contributed by atoms with Crippen LogP contribution < -0.4 is 0 Å². The van der Waals surface area contributed by atoms with Crippen molar-refractivity contribution in [2.24, 2.45) is 0 Å². The lowest BCUT2D eigenvalue weighted by atomic mass is 9.89. The van der Waals surface area contributed by atoms with E-state index in [2.05, 4.69) is 24.3 Å². The van der Waals surface area contributed by atoms with Crippen LogP contribution in [0, 0.1) is 27.7 Å².